The normalized spacial score (nSPS) is 11.0. The molecule has 0 atom stereocenters. The molecular formula is C14H10BrClFN3S. The van der Waals surface area contributed by atoms with Crippen molar-refractivity contribution in [1.82, 2.24) is 9.97 Å². The van der Waals surface area contributed by atoms with Crippen molar-refractivity contribution in [3.05, 3.63) is 50.3 Å². The van der Waals surface area contributed by atoms with Crippen molar-refractivity contribution in [2.75, 3.05) is 5.32 Å². The number of thiophene rings is 1. The second-order valence-corrected chi connectivity index (χ2v) is 6.99. The third-order valence-electron chi connectivity index (χ3n) is 2.94. The van der Waals surface area contributed by atoms with Crippen LogP contribution in [0.25, 0.3) is 10.2 Å². The molecule has 2 aromatic heterocycles. The molecule has 0 amide bonds. The van der Waals surface area contributed by atoms with Gasteiger partial charge in [0.1, 0.15) is 16.5 Å². The summed E-state index contributed by atoms with van der Waals surface area (Å²) in [6, 6.07) is 6.83. The average molecular weight is 387 g/mol. The van der Waals surface area contributed by atoms with Gasteiger partial charge in [-0.2, -0.15) is 0 Å². The van der Waals surface area contributed by atoms with Gasteiger partial charge in [0, 0.05) is 21.5 Å². The van der Waals surface area contributed by atoms with E-state index in [2.05, 4.69) is 31.2 Å². The fourth-order valence-corrected chi connectivity index (χ4v) is 3.52. The molecule has 21 heavy (non-hydrogen) atoms. The molecule has 0 aliphatic carbocycles. The molecule has 108 valence electrons. The number of anilines is 1. The molecule has 0 spiro atoms. The molecule has 3 rings (SSSR count). The van der Waals surface area contributed by atoms with Gasteiger partial charge in [-0.25, -0.2) is 14.4 Å². The molecule has 3 aromatic rings. The van der Waals surface area contributed by atoms with Gasteiger partial charge >= 0.3 is 0 Å². The van der Waals surface area contributed by atoms with Crippen molar-refractivity contribution in [2.24, 2.45) is 0 Å². The van der Waals surface area contributed by atoms with E-state index in [1.807, 2.05) is 13.0 Å². The van der Waals surface area contributed by atoms with Gasteiger partial charge in [-0.05, 0) is 42.8 Å². The van der Waals surface area contributed by atoms with Gasteiger partial charge in [0.15, 0.2) is 0 Å². The highest BCUT2D eigenvalue weighted by atomic mass is 79.9. The van der Waals surface area contributed by atoms with Crippen molar-refractivity contribution in [3.63, 3.8) is 0 Å². The van der Waals surface area contributed by atoms with Crippen LogP contribution in [0.2, 0.25) is 5.28 Å². The number of nitrogens with zero attached hydrogens (tertiary/aromatic N) is 2. The first kappa shape index (κ1) is 14.7. The summed E-state index contributed by atoms with van der Waals surface area (Å²) in [6.45, 7) is 2.32. The maximum Gasteiger partial charge on any atom is 0.225 e. The first-order valence-corrected chi connectivity index (χ1v) is 8.13. The Morgan fingerprint density at radius 1 is 1.33 bits per heavy atom. The molecule has 0 unspecified atom stereocenters. The van der Waals surface area contributed by atoms with Gasteiger partial charge in [-0.3, -0.25) is 0 Å². The van der Waals surface area contributed by atoms with E-state index in [-0.39, 0.29) is 11.1 Å². The summed E-state index contributed by atoms with van der Waals surface area (Å²) >= 11 is 10.8. The minimum Gasteiger partial charge on any atom is -0.365 e. The van der Waals surface area contributed by atoms with Crippen LogP contribution in [0, 0.1) is 12.7 Å². The Morgan fingerprint density at radius 2 is 2.14 bits per heavy atom. The van der Waals surface area contributed by atoms with E-state index in [9.17, 15) is 4.39 Å². The lowest BCUT2D eigenvalue weighted by Crippen LogP contribution is -2.04. The Labute approximate surface area is 138 Å². The highest BCUT2D eigenvalue weighted by molar-refractivity contribution is 9.10. The molecule has 1 aromatic carbocycles. The zero-order valence-electron chi connectivity index (χ0n) is 11.0. The van der Waals surface area contributed by atoms with E-state index in [4.69, 9.17) is 11.6 Å². The number of fused-ring (bicyclic) bond motifs is 1. The quantitative estimate of drug-likeness (QED) is 0.631. The summed E-state index contributed by atoms with van der Waals surface area (Å²) < 4.78 is 14.6. The van der Waals surface area contributed by atoms with Gasteiger partial charge in [-0.1, -0.05) is 15.9 Å². The second-order valence-electron chi connectivity index (χ2n) is 4.51. The zero-order valence-corrected chi connectivity index (χ0v) is 14.1. The van der Waals surface area contributed by atoms with Crippen molar-refractivity contribution in [3.8, 4) is 0 Å². The topological polar surface area (TPSA) is 37.8 Å². The lowest BCUT2D eigenvalue weighted by molar-refractivity contribution is 0.612. The van der Waals surface area contributed by atoms with Crippen molar-refractivity contribution in [2.45, 2.75) is 13.5 Å². The number of hydrogen-bond acceptors (Lipinski definition) is 4. The van der Waals surface area contributed by atoms with Crippen LogP contribution < -0.4 is 5.32 Å². The summed E-state index contributed by atoms with van der Waals surface area (Å²) in [5.74, 6) is 0.359. The summed E-state index contributed by atoms with van der Waals surface area (Å²) in [6.07, 6.45) is 0. The Balaban J connectivity index is 1.93. The number of rotatable bonds is 3. The number of aryl methyl sites for hydroxylation is 1. The second kappa shape index (κ2) is 5.87. The fourth-order valence-electron chi connectivity index (χ4n) is 2.01. The minimum atomic E-state index is -0.261. The Kier molecular flexibility index (Phi) is 4.10. The van der Waals surface area contributed by atoms with E-state index in [0.717, 1.165) is 19.6 Å². The average Bonchev–Trinajstić information content (AvgIpc) is 2.79. The van der Waals surface area contributed by atoms with E-state index >= 15 is 0 Å². The molecule has 3 nitrogen and oxygen atoms in total. The van der Waals surface area contributed by atoms with Gasteiger partial charge in [0.05, 0.1) is 5.39 Å². The van der Waals surface area contributed by atoms with E-state index in [0.29, 0.717) is 17.9 Å². The molecule has 0 fully saturated rings. The van der Waals surface area contributed by atoms with Gasteiger partial charge < -0.3 is 5.32 Å². The zero-order chi connectivity index (χ0) is 15.0. The molecule has 1 N–H and O–H groups in total. The standard InChI is InChI=1S/C14H10BrClFN3S/c1-7-4-10-12(19-14(16)20-13(10)21-7)18-6-8-5-9(15)2-3-11(8)17/h2-5H,6H2,1H3,(H,18,19,20). The largest absolute Gasteiger partial charge is 0.365 e. The lowest BCUT2D eigenvalue weighted by Gasteiger charge is -2.08. The highest BCUT2D eigenvalue weighted by Crippen LogP contribution is 2.30. The molecule has 0 bridgehead atoms. The summed E-state index contributed by atoms with van der Waals surface area (Å²) in [5, 5.41) is 4.22. The van der Waals surface area contributed by atoms with Crippen LogP contribution in [-0.4, -0.2) is 9.97 Å². The Morgan fingerprint density at radius 3 is 2.95 bits per heavy atom. The van der Waals surface area contributed by atoms with Crippen LogP contribution >= 0.6 is 38.9 Å². The van der Waals surface area contributed by atoms with Gasteiger partial charge in [0.2, 0.25) is 5.28 Å². The van der Waals surface area contributed by atoms with Crippen LogP contribution in [0.3, 0.4) is 0 Å². The lowest BCUT2D eigenvalue weighted by atomic mass is 10.2. The highest BCUT2D eigenvalue weighted by Gasteiger charge is 2.10. The molecular weight excluding hydrogens is 377 g/mol. The number of hydrogen-bond donors (Lipinski definition) is 1. The summed E-state index contributed by atoms with van der Waals surface area (Å²) in [5.41, 5.74) is 0.555. The maximum absolute atomic E-state index is 13.8. The number of benzene rings is 1. The minimum absolute atomic E-state index is 0.182. The predicted molar refractivity (Wildman–Crippen MR) is 88.6 cm³/mol. The Bertz CT molecular complexity index is 821. The predicted octanol–water partition coefficient (Wildman–Crippen LogP) is 5.17. The van der Waals surface area contributed by atoms with Crippen molar-refractivity contribution >= 4 is 54.9 Å². The molecule has 0 aliphatic rings. The molecule has 0 saturated carbocycles. The number of nitrogens with one attached hydrogen (secondary N) is 1. The van der Waals surface area contributed by atoms with Crippen molar-refractivity contribution in [1.29, 1.82) is 0 Å². The summed E-state index contributed by atoms with van der Waals surface area (Å²) in [7, 11) is 0. The third-order valence-corrected chi connectivity index (χ3v) is 4.55. The molecule has 7 heteroatoms. The fraction of sp³-hybridized carbons (Fsp3) is 0.143. The van der Waals surface area contributed by atoms with Crippen LogP contribution in [0.15, 0.2) is 28.7 Å². The van der Waals surface area contributed by atoms with E-state index < -0.39 is 0 Å². The van der Waals surface area contributed by atoms with Crippen molar-refractivity contribution < 1.29 is 4.39 Å². The third kappa shape index (κ3) is 3.17. The maximum atomic E-state index is 13.8. The smallest absolute Gasteiger partial charge is 0.225 e. The first-order valence-electron chi connectivity index (χ1n) is 6.14. The molecule has 0 radical (unpaired) electrons. The molecule has 0 aliphatic heterocycles. The monoisotopic (exact) mass is 385 g/mol. The first-order chi connectivity index (χ1) is 10.0. The van der Waals surface area contributed by atoms with Crippen LogP contribution in [0.1, 0.15) is 10.4 Å². The molecule has 0 saturated heterocycles. The summed E-state index contributed by atoms with van der Waals surface area (Å²) in [4.78, 5) is 10.3. The van der Waals surface area contributed by atoms with Crippen LogP contribution in [0.4, 0.5) is 10.2 Å². The SMILES string of the molecule is Cc1cc2c(NCc3cc(Br)ccc3F)nc(Cl)nc2s1. The van der Waals surface area contributed by atoms with Crippen LogP contribution in [0.5, 0.6) is 0 Å². The molecule has 2 heterocycles. The van der Waals surface area contributed by atoms with Gasteiger partial charge in [-0.15, -0.1) is 11.3 Å². The van der Waals surface area contributed by atoms with Gasteiger partial charge in [0.25, 0.3) is 0 Å². The van der Waals surface area contributed by atoms with E-state index in [1.165, 1.54) is 6.07 Å². The van der Waals surface area contributed by atoms with E-state index in [1.54, 1.807) is 23.5 Å². The number of aromatic nitrogens is 2. The Hall–Kier alpha value is -1.24. The van der Waals surface area contributed by atoms with Crippen LogP contribution in [-0.2, 0) is 6.54 Å². The number of halogens is 3.